The molecule has 0 unspecified atom stereocenters. The van der Waals surface area contributed by atoms with Gasteiger partial charge in [-0.25, -0.2) is 9.50 Å². The van der Waals surface area contributed by atoms with Gasteiger partial charge < -0.3 is 0 Å². The minimum atomic E-state index is -0.0634. The van der Waals surface area contributed by atoms with E-state index in [9.17, 15) is 4.79 Å². The van der Waals surface area contributed by atoms with Crippen LogP contribution in [0.1, 0.15) is 25.5 Å². The molecule has 5 heteroatoms. The van der Waals surface area contributed by atoms with Gasteiger partial charge in [-0.05, 0) is 17.4 Å². The average Bonchev–Trinajstić information content (AvgIpc) is 2.96. The number of fused-ring (bicyclic) bond motifs is 1. The molecule has 0 fully saturated rings. The quantitative estimate of drug-likeness (QED) is 0.769. The van der Waals surface area contributed by atoms with Crippen LogP contribution >= 0.6 is 11.3 Å². The van der Waals surface area contributed by atoms with Crippen LogP contribution in [-0.2, 0) is 0 Å². The van der Waals surface area contributed by atoms with Crippen LogP contribution in [0, 0.1) is 0 Å². The number of nitrogens with one attached hydrogen (secondary N) is 1. The highest BCUT2D eigenvalue weighted by Gasteiger charge is 2.09. The Balaban J connectivity index is 2.23. The van der Waals surface area contributed by atoms with Crippen LogP contribution in [0.15, 0.2) is 34.4 Å². The van der Waals surface area contributed by atoms with Gasteiger partial charge in [-0.2, -0.15) is 0 Å². The summed E-state index contributed by atoms with van der Waals surface area (Å²) in [4.78, 5) is 17.6. The van der Waals surface area contributed by atoms with E-state index >= 15 is 0 Å². The van der Waals surface area contributed by atoms with Crippen molar-refractivity contribution >= 4 is 17.0 Å². The van der Waals surface area contributed by atoms with Crippen molar-refractivity contribution in [3.8, 4) is 10.6 Å². The van der Waals surface area contributed by atoms with Gasteiger partial charge >= 0.3 is 0 Å². The lowest BCUT2D eigenvalue weighted by atomic mass is 10.1. The molecule has 0 atom stereocenters. The van der Waals surface area contributed by atoms with E-state index in [1.54, 1.807) is 17.4 Å². The number of aromatic nitrogens is 3. The van der Waals surface area contributed by atoms with E-state index in [1.165, 1.54) is 4.52 Å². The number of hydrogen-bond donors (Lipinski definition) is 1. The zero-order chi connectivity index (χ0) is 12.7. The molecule has 0 saturated carbocycles. The van der Waals surface area contributed by atoms with Gasteiger partial charge in [-0.1, -0.05) is 19.9 Å². The molecule has 0 aromatic carbocycles. The minimum Gasteiger partial charge on any atom is -0.288 e. The molecule has 0 saturated heterocycles. The number of thiophene rings is 1. The fraction of sp³-hybridized carbons (Fsp3) is 0.231. The smallest absolute Gasteiger partial charge is 0.272 e. The molecule has 0 bridgehead atoms. The van der Waals surface area contributed by atoms with Crippen LogP contribution in [0.25, 0.3) is 16.2 Å². The fourth-order valence-electron chi connectivity index (χ4n) is 1.86. The Kier molecular flexibility index (Phi) is 2.56. The zero-order valence-electron chi connectivity index (χ0n) is 10.2. The Morgan fingerprint density at radius 2 is 2.22 bits per heavy atom. The first kappa shape index (κ1) is 11.2. The first-order valence-electron chi connectivity index (χ1n) is 5.82. The van der Waals surface area contributed by atoms with Gasteiger partial charge in [-0.15, -0.1) is 11.3 Å². The highest BCUT2D eigenvalue weighted by molar-refractivity contribution is 7.13. The summed E-state index contributed by atoms with van der Waals surface area (Å²) >= 11 is 1.63. The predicted octanol–water partition coefficient (Wildman–Crippen LogP) is 2.87. The van der Waals surface area contributed by atoms with E-state index in [-0.39, 0.29) is 11.5 Å². The summed E-state index contributed by atoms with van der Waals surface area (Å²) in [5.41, 5.74) is 2.37. The summed E-state index contributed by atoms with van der Waals surface area (Å²) in [6, 6.07) is 7.51. The summed E-state index contributed by atoms with van der Waals surface area (Å²) in [5.74, 6) is 0.253. The molecule has 3 heterocycles. The molecule has 3 rings (SSSR count). The van der Waals surface area contributed by atoms with E-state index in [2.05, 4.69) is 10.1 Å². The van der Waals surface area contributed by atoms with Gasteiger partial charge in [0.05, 0.1) is 16.3 Å². The van der Waals surface area contributed by atoms with Crippen LogP contribution in [0.2, 0.25) is 0 Å². The lowest BCUT2D eigenvalue weighted by Gasteiger charge is -2.02. The van der Waals surface area contributed by atoms with Crippen molar-refractivity contribution in [3.05, 3.63) is 45.7 Å². The molecule has 0 aliphatic heterocycles. The number of rotatable bonds is 2. The number of aromatic amines is 1. The molecule has 4 nitrogen and oxygen atoms in total. The normalized spacial score (nSPS) is 11.5. The Morgan fingerprint density at radius 1 is 1.39 bits per heavy atom. The highest BCUT2D eigenvalue weighted by atomic mass is 32.1. The van der Waals surface area contributed by atoms with Crippen molar-refractivity contribution in [1.29, 1.82) is 0 Å². The van der Waals surface area contributed by atoms with Crippen LogP contribution in [0.4, 0.5) is 0 Å². The molecule has 0 amide bonds. The molecule has 0 aliphatic rings. The van der Waals surface area contributed by atoms with Crippen molar-refractivity contribution in [2.24, 2.45) is 0 Å². The van der Waals surface area contributed by atoms with Crippen molar-refractivity contribution in [2.45, 2.75) is 19.8 Å². The van der Waals surface area contributed by atoms with Crippen LogP contribution in [0.5, 0.6) is 0 Å². The topological polar surface area (TPSA) is 50.2 Å². The largest absolute Gasteiger partial charge is 0.288 e. The molecule has 3 aromatic heterocycles. The summed E-state index contributed by atoms with van der Waals surface area (Å²) in [6.07, 6.45) is 0. The molecule has 1 N–H and O–H groups in total. The first-order valence-corrected chi connectivity index (χ1v) is 6.70. The summed E-state index contributed by atoms with van der Waals surface area (Å²) in [7, 11) is 0. The Labute approximate surface area is 108 Å². The average molecular weight is 259 g/mol. The van der Waals surface area contributed by atoms with Crippen LogP contribution < -0.4 is 5.56 Å². The number of hydrogen-bond acceptors (Lipinski definition) is 3. The molecule has 0 radical (unpaired) electrons. The van der Waals surface area contributed by atoms with Crippen LogP contribution in [-0.4, -0.2) is 14.6 Å². The van der Waals surface area contributed by atoms with E-state index in [0.717, 1.165) is 16.3 Å². The standard InChI is InChI=1S/C13H13N3OS/c1-8(2)9-7-13(17)16-12(14-9)6-10(15-16)11-4-3-5-18-11/h3-8,15H,1-2H3. The maximum atomic E-state index is 12.0. The predicted molar refractivity (Wildman–Crippen MR) is 73.2 cm³/mol. The third kappa shape index (κ3) is 1.76. The number of nitrogens with zero attached hydrogens (tertiary/aromatic N) is 2. The van der Waals surface area contributed by atoms with Crippen molar-refractivity contribution in [2.75, 3.05) is 0 Å². The van der Waals surface area contributed by atoms with Gasteiger partial charge in [-0.3, -0.25) is 9.89 Å². The van der Waals surface area contributed by atoms with Gasteiger partial charge in [0.2, 0.25) is 0 Å². The molecule has 0 aliphatic carbocycles. The maximum Gasteiger partial charge on any atom is 0.272 e. The zero-order valence-corrected chi connectivity index (χ0v) is 11.0. The monoisotopic (exact) mass is 259 g/mol. The van der Waals surface area contributed by atoms with Gasteiger partial charge in [0, 0.05) is 12.1 Å². The fourth-order valence-corrected chi connectivity index (χ4v) is 2.56. The molecular formula is C13H13N3OS. The second-order valence-corrected chi connectivity index (χ2v) is 5.46. The minimum absolute atomic E-state index is 0.0634. The van der Waals surface area contributed by atoms with Crippen molar-refractivity contribution in [3.63, 3.8) is 0 Å². The Bertz CT molecular complexity index is 737. The van der Waals surface area contributed by atoms with Gasteiger partial charge in [0.15, 0.2) is 5.65 Å². The maximum absolute atomic E-state index is 12.0. The molecule has 18 heavy (non-hydrogen) atoms. The van der Waals surface area contributed by atoms with E-state index in [4.69, 9.17) is 0 Å². The third-order valence-electron chi connectivity index (χ3n) is 2.85. The van der Waals surface area contributed by atoms with Crippen LogP contribution in [0.3, 0.4) is 0 Å². The summed E-state index contributed by atoms with van der Waals surface area (Å²) in [6.45, 7) is 4.07. The van der Waals surface area contributed by atoms with Gasteiger partial charge in [0.25, 0.3) is 5.56 Å². The lowest BCUT2D eigenvalue weighted by molar-refractivity contribution is 0.797. The van der Waals surface area contributed by atoms with E-state index in [0.29, 0.717) is 5.65 Å². The molecule has 0 spiro atoms. The second-order valence-electron chi connectivity index (χ2n) is 4.51. The molecule has 92 valence electrons. The van der Waals surface area contributed by atoms with E-state index in [1.807, 2.05) is 37.4 Å². The molecule has 3 aromatic rings. The Hall–Kier alpha value is -1.88. The lowest BCUT2D eigenvalue weighted by Crippen LogP contribution is -2.15. The second kappa shape index (κ2) is 4.10. The van der Waals surface area contributed by atoms with E-state index < -0.39 is 0 Å². The Morgan fingerprint density at radius 3 is 2.89 bits per heavy atom. The van der Waals surface area contributed by atoms with Crippen molar-refractivity contribution < 1.29 is 0 Å². The summed E-state index contributed by atoms with van der Waals surface area (Å²) in [5, 5.41) is 5.09. The number of H-pyrrole nitrogens is 1. The third-order valence-corrected chi connectivity index (χ3v) is 3.75. The van der Waals surface area contributed by atoms with Crippen molar-refractivity contribution in [1.82, 2.24) is 14.6 Å². The first-order chi connectivity index (χ1) is 8.65. The molecular weight excluding hydrogens is 246 g/mol. The SMILES string of the molecule is CC(C)c1cc(=O)n2[nH]c(-c3cccs3)cc2n1. The summed E-state index contributed by atoms with van der Waals surface area (Å²) < 4.78 is 1.49. The highest BCUT2D eigenvalue weighted by Crippen LogP contribution is 2.23. The van der Waals surface area contributed by atoms with Gasteiger partial charge in [0.1, 0.15) is 0 Å².